The fourth-order valence-corrected chi connectivity index (χ4v) is 3.76. The highest BCUT2D eigenvalue weighted by molar-refractivity contribution is 5.69. The van der Waals surface area contributed by atoms with Crippen LogP contribution in [-0.2, 0) is 11.2 Å². The van der Waals surface area contributed by atoms with Gasteiger partial charge < -0.3 is 5.11 Å². The molecular weight excluding hydrogens is 264 g/mol. The number of aliphatic carboxylic acids is 1. The maximum Gasteiger partial charge on any atom is 0.317 e. The van der Waals surface area contributed by atoms with Crippen LogP contribution in [0.4, 0.5) is 0 Å². The number of fused-ring (bicyclic) bond motifs is 1. The summed E-state index contributed by atoms with van der Waals surface area (Å²) >= 11 is 0. The standard InChI is InChI=1S/C17H24N2O2/c20-17(21)13-18-9-4-10-19(12-11-18)16-8-3-6-14-5-1-2-7-15(14)16/h1-2,5,7,16H,3-4,6,8-13H2,(H,20,21). The molecule has 1 fully saturated rings. The molecule has 4 heteroatoms. The number of carboxylic acid groups (broad SMARTS) is 1. The predicted octanol–water partition coefficient (Wildman–Crippen LogP) is 2.16. The maximum atomic E-state index is 10.9. The van der Waals surface area contributed by atoms with Gasteiger partial charge in [-0.2, -0.15) is 0 Å². The molecule has 1 aliphatic heterocycles. The van der Waals surface area contributed by atoms with Crippen LogP contribution < -0.4 is 0 Å². The first kappa shape index (κ1) is 14.5. The minimum Gasteiger partial charge on any atom is -0.480 e. The minimum absolute atomic E-state index is 0.176. The Balaban J connectivity index is 1.69. The van der Waals surface area contributed by atoms with Gasteiger partial charge in [0.15, 0.2) is 0 Å². The zero-order chi connectivity index (χ0) is 14.7. The van der Waals surface area contributed by atoms with Gasteiger partial charge in [-0.25, -0.2) is 0 Å². The molecule has 2 aliphatic rings. The Hall–Kier alpha value is -1.39. The molecular formula is C17H24N2O2. The van der Waals surface area contributed by atoms with Gasteiger partial charge in [0.05, 0.1) is 6.54 Å². The molecule has 114 valence electrons. The lowest BCUT2D eigenvalue weighted by molar-refractivity contribution is -0.138. The number of nitrogens with zero attached hydrogens (tertiary/aromatic N) is 2. The molecule has 1 saturated heterocycles. The van der Waals surface area contributed by atoms with Crippen LogP contribution in [0.1, 0.15) is 36.4 Å². The molecule has 0 radical (unpaired) electrons. The van der Waals surface area contributed by atoms with Crippen molar-refractivity contribution in [3.63, 3.8) is 0 Å². The minimum atomic E-state index is -0.716. The second kappa shape index (κ2) is 6.58. The summed E-state index contributed by atoms with van der Waals surface area (Å²) in [5.41, 5.74) is 3.00. The Kier molecular flexibility index (Phi) is 4.56. The second-order valence-electron chi connectivity index (χ2n) is 6.17. The number of aryl methyl sites for hydroxylation is 1. The van der Waals surface area contributed by atoms with Crippen LogP contribution >= 0.6 is 0 Å². The van der Waals surface area contributed by atoms with E-state index in [4.69, 9.17) is 5.11 Å². The van der Waals surface area contributed by atoms with Gasteiger partial charge in [0, 0.05) is 32.2 Å². The van der Waals surface area contributed by atoms with Crippen molar-refractivity contribution in [1.29, 1.82) is 0 Å². The van der Waals surface area contributed by atoms with Crippen molar-refractivity contribution in [3.05, 3.63) is 35.4 Å². The number of benzene rings is 1. The fraction of sp³-hybridized carbons (Fsp3) is 0.588. The molecule has 1 heterocycles. The first-order valence-corrected chi connectivity index (χ1v) is 8.00. The van der Waals surface area contributed by atoms with Crippen LogP contribution in [0.2, 0.25) is 0 Å². The Bertz CT molecular complexity index is 503. The van der Waals surface area contributed by atoms with E-state index < -0.39 is 5.97 Å². The smallest absolute Gasteiger partial charge is 0.317 e. The monoisotopic (exact) mass is 288 g/mol. The van der Waals surface area contributed by atoms with Crippen LogP contribution in [0.5, 0.6) is 0 Å². The van der Waals surface area contributed by atoms with Crippen molar-refractivity contribution in [2.24, 2.45) is 0 Å². The lowest BCUT2D eigenvalue weighted by Gasteiger charge is -2.35. The molecule has 1 unspecified atom stereocenters. The quantitative estimate of drug-likeness (QED) is 0.925. The first-order chi connectivity index (χ1) is 10.2. The molecule has 1 atom stereocenters. The van der Waals surface area contributed by atoms with E-state index in [2.05, 4.69) is 34.1 Å². The van der Waals surface area contributed by atoms with E-state index in [1.54, 1.807) is 0 Å². The first-order valence-electron chi connectivity index (χ1n) is 8.00. The number of rotatable bonds is 3. The van der Waals surface area contributed by atoms with Crippen LogP contribution in [0, 0.1) is 0 Å². The van der Waals surface area contributed by atoms with E-state index in [-0.39, 0.29) is 6.54 Å². The Morgan fingerprint density at radius 3 is 2.86 bits per heavy atom. The molecule has 4 nitrogen and oxygen atoms in total. The Morgan fingerprint density at radius 1 is 1.14 bits per heavy atom. The SMILES string of the molecule is O=C(O)CN1CCCN(C2CCCc3ccccc32)CC1. The molecule has 0 aromatic heterocycles. The van der Waals surface area contributed by atoms with E-state index in [9.17, 15) is 4.79 Å². The summed E-state index contributed by atoms with van der Waals surface area (Å²) in [5.74, 6) is -0.716. The predicted molar refractivity (Wildman–Crippen MR) is 82.4 cm³/mol. The third-order valence-electron chi connectivity index (χ3n) is 4.76. The van der Waals surface area contributed by atoms with Gasteiger partial charge in [-0.3, -0.25) is 14.6 Å². The van der Waals surface area contributed by atoms with Gasteiger partial charge in [0.2, 0.25) is 0 Å². The Labute approximate surface area is 126 Å². The molecule has 1 aliphatic carbocycles. The van der Waals surface area contributed by atoms with Crippen LogP contribution in [0.3, 0.4) is 0 Å². The number of carboxylic acids is 1. The molecule has 0 saturated carbocycles. The molecule has 0 spiro atoms. The number of hydrogen-bond donors (Lipinski definition) is 1. The van der Waals surface area contributed by atoms with E-state index >= 15 is 0 Å². The van der Waals surface area contributed by atoms with Crippen LogP contribution in [-0.4, -0.2) is 53.6 Å². The van der Waals surface area contributed by atoms with Gasteiger partial charge in [-0.05, 0) is 36.8 Å². The van der Waals surface area contributed by atoms with Gasteiger partial charge in [-0.1, -0.05) is 24.3 Å². The summed E-state index contributed by atoms with van der Waals surface area (Å²) in [4.78, 5) is 15.5. The topological polar surface area (TPSA) is 43.8 Å². The molecule has 1 aromatic carbocycles. The van der Waals surface area contributed by atoms with Crippen molar-refractivity contribution < 1.29 is 9.90 Å². The third kappa shape index (κ3) is 3.44. The van der Waals surface area contributed by atoms with E-state index in [0.717, 1.165) is 32.6 Å². The highest BCUT2D eigenvalue weighted by Gasteiger charge is 2.27. The molecule has 0 bridgehead atoms. The van der Waals surface area contributed by atoms with Crippen molar-refractivity contribution >= 4 is 5.97 Å². The highest BCUT2D eigenvalue weighted by atomic mass is 16.4. The molecule has 3 rings (SSSR count). The molecule has 1 aromatic rings. The Morgan fingerprint density at radius 2 is 2.00 bits per heavy atom. The lowest BCUT2D eigenvalue weighted by Crippen LogP contribution is -2.36. The molecule has 21 heavy (non-hydrogen) atoms. The normalized spacial score (nSPS) is 24.3. The maximum absolute atomic E-state index is 10.9. The van der Waals surface area contributed by atoms with Crippen molar-refractivity contribution in [1.82, 2.24) is 9.80 Å². The third-order valence-corrected chi connectivity index (χ3v) is 4.76. The summed E-state index contributed by atoms with van der Waals surface area (Å²) in [6.45, 7) is 4.00. The number of carbonyl (C=O) groups is 1. The molecule has 1 N–H and O–H groups in total. The summed E-state index contributed by atoms with van der Waals surface area (Å²) < 4.78 is 0. The summed E-state index contributed by atoms with van der Waals surface area (Å²) in [6.07, 6.45) is 4.75. The summed E-state index contributed by atoms with van der Waals surface area (Å²) in [5, 5.41) is 8.95. The van der Waals surface area contributed by atoms with E-state index in [1.807, 2.05) is 0 Å². The largest absolute Gasteiger partial charge is 0.480 e. The fourth-order valence-electron chi connectivity index (χ4n) is 3.76. The lowest BCUT2D eigenvalue weighted by atomic mass is 9.87. The average Bonchev–Trinajstić information content (AvgIpc) is 2.71. The number of hydrogen-bond acceptors (Lipinski definition) is 3. The summed E-state index contributed by atoms with van der Waals surface area (Å²) in [7, 11) is 0. The molecule has 0 amide bonds. The van der Waals surface area contributed by atoms with Gasteiger partial charge in [0.25, 0.3) is 0 Å². The average molecular weight is 288 g/mol. The highest BCUT2D eigenvalue weighted by Crippen LogP contribution is 2.34. The zero-order valence-electron chi connectivity index (χ0n) is 12.5. The second-order valence-corrected chi connectivity index (χ2v) is 6.17. The van der Waals surface area contributed by atoms with Crippen LogP contribution in [0.25, 0.3) is 0 Å². The van der Waals surface area contributed by atoms with Gasteiger partial charge >= 0.3 is 5.97 Å². The van der Waals surface area contributed by atoms with Crippen molar-refractivity contribution in [2.75, 3.05) is 32.7 Å². The van der Waals surface area contributed by atoms with Gasteiger partial charge in [-0.15, -0.1) is 0 Å². The van der Waals surface area contributed by atoms with Crippen molar-refractivity contribution in [3.8, 4) is 0 Å². The van der Waals surface area contributed by atoms with Crippen molar-refractivity contribution in [2.45, 2.75) is 31.7 Å². The van der Waals surface area contributed by atoms with Crippen LogP contribution in [0.15, 0.2) is 24.3 Å². The van der Waals surface area contributed by atoms with Gasteiger partial charge in [0.1, 0.15) is 0 Å². The van der Waals surface area contributed by atoms with E-state index in [0.29, 0.717) is 6.04 Å². The van der Waals surface area contributed by atoms with E-state index in [1.165, 1.54) is 30.4 Å². The zero-order valence-corrected chi connectivity index (χ0v) is 12.5. The summed E-state index contributed by atoms with van der Waals surface area (Å²) in [6, 6.07) is 9.35.